The fraction of sp³-hybridized carbons (Fsp3) is 0.176. The average molecular weight is 407 g/mol. The molecule has 10 heteroatoms. The molecule has 1 aliphatic rings. The molecule has 8 nitrogen and oxygen atoms in total. The van der Waals surface area contributed by atoms with Gasteiger partial charge in [-0.3, -0.25) is 4.79 Å². The monoisotopic (exact) mass is 407 g/mol. The number of amides is 1. The molecular weight excluding hydrogens is 390 g/mol. The number of hydrogen-bond donors (Lipinski definition) is 1. The summed E-state index contributed by atoms with van der Waals surface area (Å²) in [6.45, 7) is 2.04. The Balaban J connectivity index is 1.91. The maximum atomic E-state index is 12.7. The molecule has 3 rings (SSSR count). The number of benzene rings is 2. The first kappa shape index (κ1) is 19.1. The van der Waals surface area contributed by atoms with E-state index in [0.717, 1.165) is 12.4 Å². The number of sulfone groups is 1. The van der Waals surface area contributed by atoms with Crippen LogP contribution < -0.4 is 10.2 Å². The molecule has 142 valence electrons. The summed E-state index contributed by atoms with van der Waals surface area (Å²) in [4.78, 5) is 13.4. The highest BCUT2D eigenvalue weighted by Gasteiger charge is 2.27. The number of hydrogen-bond acceptors (Lipinski definition) is 6. The lowest BCUT2D eigenvalue weighted by Gasteiger charge is -2.21. The minimum atomic E-state index is -4.04. The molecule has 0 fully saturated rings. The number of para-hydroxylation sites is 1. The van der Waals surface area contributed by atoms with Crippen LogP contribution in [0.1, 0.15) is 6.92 Å². The van der Waals surface area contributed by atoms with Crippen LogP contribution in [-0.4, -0.2) is 41.4 Å². The molecule has 1 heterocycles. The molecule has 0 unspecified atom stereocenters. The number of nitrogens with zero attached hydrogens (tertiary/aromatic N) is 2. The van der Waals surface area contributed by atoms with Crippen LogP contribution in [0.25, 0.3) is 0 Å². The molecule has 0 aromatic heterocycles. The number of fused-ring (bicyclic) bond motifs is 1. The summed E-state index contributed by atoms with van der Waals surface area (Å²) in [6.07, 6.45) is 1.02. The largest absolute Gasteiger partial charge is 0.345 e. The van der Waals surface area contributed by atoms with Crippen molar-refractivity contribution in [2.24, 2.45) is 4.40 Å². The zero-order valence-corrected chi connectivity index (χ0v) is 16.0. The van der Waals surface area contributed by atoms with Gasteiger partial charge in [-0.25, -0.2) is 8.42 Å². The molecule has 0 aliphatic carbocycles. The van der Waals surface area contributed by atoms with Crippen molar-refractivity contribution >= 4 is 43.5 Å². The molecule has 2 aromatic carbocycles. The fourth-order valence-electron chi connectivity index (χ4n) is 2.69. The van der Waals surface area contributed by atoms with Crippen molar-refractivity contribution in [1.29, 1.82) is 0 Å². The van der Waals surface area contributed by atoms with Crippen molar-refractivity contribution in [2.75, 3.05) is 22.5 Å². The van der Waals surface area contributed by atoms with Crippen LogP contribution in [0.4, 0.5) is 11.4 Å². The highest BCUT2D eigenvalue weighted by Crippen LogP contribution is 2.29. The lowest BCUT2D eigenvalue weighted by atomic mass is 10.3. The van der Waals surface area contributed by atoms with Gasteiger partial charge in [0.1, 0.15) is 17.0 Å². The molecule has 1 amide bonds. The quantitative estimate of drug-likeness (QED) is 0.806. The topological polar surface area (TPSA) is 113 Å². The second-order valence-corrected chi connectivity index (χ2v) is 9.33. The van der Waals surface area contributed by atoms with Gasteiger partial charge in [0.2, 0.25) is 5.91 Å². The summed E-state index contributed by atoms with van der Waals surface area (Å²) in [5, 5.41) is 2.65. The second kappa shape index (κ2) is 7.12. The lowest BCUT2D eigenvalue weighted by Crippen LogP contribution is -2.35. The number of anilines is 2. The summed E-state index contributed by atoms with van der Waals surface area (Å²) in [5.74, 6) is -1.37. The lowest BCUT2D eigenvalue weighted by molar-refractivity contribution is -0.116. The third-order valence-corrected chi connectivity index (χ3v) is 6.88. The van der Waals surface area contributed by atoms with E-state index >= 15 is 0 Å². The first-order valence-electron chi connectivity index (χ1n) is 8.02. The molecule has 0 atom stereocenters. The number of carbonyl (C=O) groups excluding carboxylic acids is 1. The molecule has 1 aliphatic heterocycles. The van der Waals surface area contributed by atoms with E-state index in [1.165, 1.54) is 17.0 Å². The van der Waals surface area contributed by atoms with E-state index in [1.54, 1.807) is 37.3 Å². The highest BCUT2D eigenvalue weighted by atomic mass is 32.2. The highest BCUT2D eigenvalue weighted by molar-refractivity contribution is 7.92. The van der Waals surface area contributed by atoms with E-state index in [9.17, 15) is 21.6 Å². The van der Waals surface area contributed by atoms with E-state index in [0.29, 0.717) is 12.2 Å². The maximum Gasteiger partial charge on any atom is 0.285 e. The standard InChI is InChI=1S/C17H17N3O5S2/c1-2-20(13-6-4-3-5-7-13)17(21)11-26(22,23)14-8-9-15-16(10-14)27(24,25)19-12-18-15/h3-10,12H,2,11H2,1H3,(H,18,19). The Morgan fingerprint density at radius 2 is 1.85 bits per heavy atom. The summed E-state index contributed by atoms with van der Waals surface area (Å²) in [6, 6.07) is 12.3. The predicted octanol–water partition coefficient (Wildman–Crippen LogP) is 1.66. The Kier molecular flexibility index (Phi) is 5.03. The summed E-state index contributed by atoms with van der Waals surface area (Å²) in [7, 11) is -8.01. The Morgan fingerprint density at radius 3 is 2.52 bits per heavy atom. The van der Waals surface area contributed by atoms with Crippen LogP contribution in [-0.2, 0) is 24.7 Å². The Hall–Kier alpha value is -2.72. The van der Waals surface area contributed by atoms with Crippen molar-refractivity contribution < 1.29 is 21.6 Å². The summed E-state index contributed by atoms with van der Waals surface area (Å²) < 4.78 is 52.7. The molecule has 1 N–H and O–H groups in total. The van der Waals surface area contributed by atoms with E-state index in [1.807, 2.05) is 0 Å². The van der Waals surface area contributed by atoms with Gasteiger partial charge in [-0.2, -0.15) is 8.42 Å². The Morgan fingerprint density at radius 1 is 1.15 bits per heavy atom. The van der Waals surface area contributed by atoms with Crippen molar-refractivity contribution in [3.8, 4) is 0 Å². The van der Waals surface area contributed by atoms with Crippen LogP contribution in [0.15, 0.2) is 62.7 Å². The van der Waals surface area contributed by atoms with Gasteiger partial charge in [0, 0.05) is 12.2 Å². The van der Waals surface area contributed by atoms with Gasteiger partial charge in [0.05, 0.1) is 10.6 Å². The van der Waals surface area contributed by atoms with E-state index in [2.05, 4.69) is 9.71 Å². The second-order valence-electron chi connectivity index (χ2n) is 5.74. The summed E-state index contributed by atoms with van der Waals surface area (Å²) in [5.41, 5.74) is 0.821. The molecule has 0 saturated heterocycles. The number of carbonyl (C=O) groups is 1. The van der Waals surface area contributed by atoms with Gasteiger partial charge in [0.25, 0.3) is 10.0 Å². The molecule has 2 aromatic rings. The van der Waals surface area contributed by atoms with Crippen LogP contribution in [0.5, 0.6) is 0 Å². The molecule has 27 heavy (non-hydrogen) atoms. The number of sulfonamides is 1. The van der Waals surface area contributed by atoms with Gasteiger partial charge < -0.3 is 10.2 Å². The maximum absolute atomic E-state index is 12.7. The normalized spacial score (nSPS) is 14.9. The minimum Gasteiger partial charge on any atom is -0.345 e. The first-order valence-corrected chi connectivity index (χ1v) is 11.1. The zero-order chi connectivity index (χ0) is 19.7. The van der Waals surface area contributed by atoms with Crippen molar-refractivity contribution in [3.63, 3.8) is 0 Å². The average Bonchev–Trinajstić information content (AvgIpc) is 2.62. The molecule has 0 bridgehead atoms. The predicted molar refractivity (Wildman–Crippen MR) is 102 cm³/mol. The van der Waals surface area contributed by atoms with Crippen molar-refractivity contribution in [1.82, 2.24) is 0 Å². The summed E-state index contributed by atoms with van der Waals surface area (Å²) >= 11 is 0. The van der Waals surface area contributed by atoms with E-state index in [-0.39, 0.29) is 15.5 Å². The number of rotatable bonds is 5. The van der Waals surface area contributed by atoms with Gasteiger partial charge in [-0.1, -0.05) is 18.2 Å². The van der Waals surface area contributed by atoms with Crippen LogP contribution in [0.3, 0.4) is 0 Å². The van der Waals surface area contributed by atoms with Gasteiger partial charge in [0.15, 0.2) is 9.84 Å². The van der Waals surface area contributed by atoms with Crippen molar-refractivity contribution in [3.05, 3.63) is 48.5 Å². The van der Waals surface area contributed by atoms with Crippen molar-refractivity contribution in [2.45, 2.75) is 16.7 Å². The van der Waals surface area contributed by atoms with E-state index < -0.39 is 31.5 Å². The molecule has 0 radical (unpaired) electrons. The Bertz CT molecular complexity index is 1110. The van der Waals surface area contributed by atoms with Crippen LogP contribution in [0, 0.1) is 0 Å². The van der Waals surface area contributed by atoms with E-state index in [4.69, 9.17) is 0 Å². The van der Waals surface area contributed by atoms with Crippen LogP contribution in [0.2, 0.25) is 0 Å². The third kappa shape index (κ3) is 3.86. The fourth-order valence-corrected chi connectivity index (χ4v) is 4.97. The van der Waals surface area contributed by atoms with Gasteiger partial charge in [-0.05, 0) is 37.3 Å². The Labute approximate surface area is 157 Å². The number of nitrogens with one attached hydrogen (secondary N) is 1. The molecular formula is C17H17N3O5S2. The first-order chi connectivity index (χ1) is 12.7. The minimum absolute atomic E-state index is 0.231. The van der Waals surface area contributed by atoms with Gasteiger partial charge >= 0.3 is 0 Å². The third-order valence-electron chi connectivity index (χ3n) is 4.00. The SMILES string of the molecule is CCN(C(=O)CS(=O)(=O)c1ccc2c(c1)S(=O)(=O)N=CN2)c1ccccc1. The van der Waals surface area contributed by atoms with Crippen LogP contribution >= 0.6 is 0 Å². The zero-order valence-electron chi connectivity index (χ0n) is 14.4. The van der Waals surface area contributed by atoms with Gasteiger partial charge in [-0.15, -0.1) is 4.40 Å². The molecule has 0 saturated carbocycles. The molecule has 0 spiro atoms. The smallest absolute Gasteiger partial charge is 0.285 e.